The topological polar surface area (TPSA) is 54.5 Å². The van der Waals surface area contributed by atoms with Gasteiger partial charge in [-0.05, 0) is 45.4 Å². The van der Waals surface area contributed by atoms with Gasteiger partial charge in [0, 0.05) is 25.0 Å². The van der Waals surface area contributed by atoms with Crippen molar-refractivity contribution in [1.29, 1.82) is 0 Å². The average molecular weight is 291 g/mol. The Morgan fingerprint density at radius 3 is 3.10 bits per heavy atom. The van der Waals surface area contributed by atoms with Gasteiger partial charge in [0.25, 0.3) is 0 Å². The van der Waals surface area contributed by atoms with Crippen molar-refractivity contribution in [3.05, 3.63) is 24.0 Å². The van der Waals surface area contributed by atoms with Crippen molar-refractivity contribution in [1.82, 2.24) is 9.88 Å². The molecule has 1 aromatic rings. The molecule has 5 heteroatoms. The van der Waals surface area contributed by atoms with Gasteiger partial charge in [0.15, 0.2) is 0 Å². The maximum atomic E-state index is 12.1. The quantitative estimate of drug-likeness (QED) is 0.816. The SMILES string of the molecule is CCNc1ccnc(CN2CCCCC2C(=O)OCC)c1. The number of ether oxygens (including phenoxy) is 1. The third kappa shape index (κ3) is 4.43. The summed E-state index contributed by atoms with van der Waals surface area (Å²) in [4.78, 5) is 18.7. The first-order chi connectivity index (χ1) is 10.2. The lowest BCUT2D eigenvalue weighted by Crippen LogP contribution is -2.45. The maximum absolute atomic E-state index is 12.1. The monoisotopic (exact) mass is 291 g/mol. The number of nitrogens with one attached hydrogen (secondary N) is 1. The van der Waals surface area contributed by atoms with Crippen LogP contribution in [0.25, 0.3) is 0 Å². The van der Waals surface area contributed by atoms with E-state index in [9.17, 15) is 4.79 Å². The minimum atomic E-state index is -0.122. The van der Waals surface area contributed by atoms with Crippen molar-refractivity contribution in [3.8, 4) is 0 Å². The molecule has 1 unspecified atom stereocenters. The number of likely N-dealkylation sites (tertiary alicyclic amines) is 1. The zero-order chi connectivity index (χ0) is 15.1. The summed E-state index contributed by atoms with van der Waals surface area (Å²) >= 11 is 0. The number of esters is 1. The molecule has 116 valence electrons. The van der Waals surface area contributed by atoms with E-state index in [0.717, 1.165) is 43.7 Å². The molecule has 0 amide bonds. The van der Waals surface area contributed by atoms with Crippen LogP contribution >= 0.6 is 0 Å². The lowest BCUT2D eigenvalue weighted by molar-refractivity contribution is -0.151. The second-order valence-electron chi connectivity index (χ2n) is 5.30. The number of aromatic nitrogens is 1. The summed E-state index contributed by atoms with van der Waals surface area (Å²) in [5, 5.41) is 3.29. The lowest BCUT2D eigenvalue weighted by atomic mass is 10.0. The van der Waals surface area contributed by atoms with Crippen LogP contribution in [-0.2, 0) is 16.1 Å². The van der Waals surface area contributed by atoms with Gasteiger partial charge in [0.2, 0.25) is 0 Å². The van der Waals surface area contributed by atoms with Gasteiger partial charge in [0.05, 0.1) is 12.3 Å². The predicted molar refractivity (Wildman–Crippen MR) is 83.1 cm³/mol. The van der Waals surface area contributed by atoms with Gasteiger partial charge in [-0.2, -0.15) is 0 Å². The Kier molecular flexibility index (Phi) is 5.99. The normalized spacial score (nSPS) is 19.2. The molecule has 1 atom stereocenters. The number of pyridine rings is 1. The van der Waals surface area contributed by atoms with Crippen molar-refractivity contribution >= 4 is 11.7 Å². The number of piperidine rings is 1. The maximum Gasteiger partial charge on any atom is 0.323 e. The molecular formula is C16H25N3O2. The van der Waals surface area contributed by atoms with E-state index in [1.165, 1.54) is 0 Å². The Bertz CT molecular complexity index is 465. The van der Waals surface area contributed by atoms with E-state index in [0.29, 0.717) is 13.2 Å². The van der Waals surface area contributed by atoms with Crippen molar-refractivity contribution < 1.29 is 9.53 Å². The van der Waals surface area contributed by atoms with Crippen LogP contribution in [0.15, 0.2) is 18.3 Å². The molecule has 0 aliphatic carbocycles. The number of hydrogen-bond acceptors (Lipinski definition) is 5. The number of hydrogen-bond donors (Lipinski definition) is 1. The first-order valence-electron chi connectivity index (χ1n) is 7.84. The minimum absolute atomic E-state index is 0.0972. The van der Waals surface area contributed by atoms with Crippen LogP contribution in [-0.4, -0.2) is 41.6 Å². The molecule has 1 aliphatic heterocycles. The van der Waals surface area contributed by atoms with E-state index in [1.807, 2.05) is 19.2 Å². The van der Waals surface area contributed by atoms with E-state index in [-0.39, 0.29) is 12.0 Å². The molecule has 1 N–H and O–H groups in total. The van der Waals surface area contributed by atoms with Gasteiger partial charge in [-0.25, -0.2) is 0 Å². The molecule has 1 saturated heterocycles. The van der Waals surface area contributed by atoms with Crippen LogP contribution in [0.4, 0.5) is 5.69 Å². The Morgan fingerprint density at radius 1 is 1.48 bits per heavy atom. The highest BCUT2D eigenvalue weighted by molar-refractivity contribution is 5.75. The van der Waals surface area contributed by atoms with E-state index < -0.39 is 0 Å². The largest absolute Gasteiger partial charge is 0.465 e. The first kappa shape index (κ1) is 15.8. The molecule has 21 heavy (non-hydrogen) atoms. The van der Waals surface area contributed by atoms with Crippen LogP contribution in [0.3, 0.4) is 0 Å². The fourth-order valence-electron chi connectivity index (χ4n) is 2.77. The molecule has 1 aromatic heterocycles. The molecule has 0 bridgehead atoms. The van der Waals surface area contributed by atoms with Gasteiger partial charge in [0.1, 0.15) is 6.04 Å². The molecule has 1 fully saturated rings. The molecule has 0 spiro atoms. The molecular weight excluding hydrogens is 266 g/mol. The number of nitrogens with zero attached hydrogens (tertiary/aromatic N) is 2. The fourth-order valence-corrected chi connectivity index (χ4v) is 2.77. The van der Waals surface area contributed by atoms with Crippen LogP contribution < -0.4 is 5.32 Å². The Labute approximate surface area is 126 Å². The lowest BCUT2D eigenvalue weighted by Gasteiger charge is -2.33. The zero-order valence-electron chi connectivity index (χ0n) is 13.0. The fraction of sp³-hybridized carbons (Fsp3) is 0.625. The number of anilines is 1. The van der Waals surface area contributed by atoms with Crippen LogP contribution in [0, 0.1) is 0 Å². The molecule has 5 nitrogen and oxygen atoms in total. The third-order valence-corrected chi connectivity index (χ3v) is 3.73. The van der Waals surface area contributed by atoms with Crippen molar-refractivity contribution in [2.45, 2.75) is 45.7 Å². The smallest absolute Gasteiger partial charge is 0.323 e. The summed E-state index contributed by atoms with van der Waals surface area (Å²) < 4.78 is 5.20. The highest BCUT2D eigenvalue weighted by atomic mass is 16.5. The van der Waals surface area contributed by atoms with Crippen LogP contribution in [0.1, 0.15) is 38.8 Å². The Hall–Kier alpha value is -1.62. The van der Waals surface area contributed by atoms with Crippen molar-refractivity contribution in [2.75, 3.05) is 25.0 Å². The van der Waals surface area contributed by atoms with Crippen LogP contribution in [0.2, 0.25) is 0 Å². The summed E-state index contributed by atoms with van der Waals surface area (Å²) in [5.41, 5.74) is 2.07. The molecule has 0 saturated carbocycles. The van der Waals surface area contributed by atoms with Gasteiger partial charge in [-0.15, -0.1) is 0 Å². The van der Waals surface area contributed by atoms with Gasteiger partial charge < -0.3 is 10.1 Å². The molecule has 0 aromatic carbocycles. The standard InChI is InChI=1S/C16H25N3O2/c1-3-17-13-8-9-18-14(11-13)12-19-10-6-5-7-15(19)16(20)21-4-2/h8-9,11,15H,3-7,10,12H2,1-2H3,(H,17,18). The van der Waals surface area contributed by atoms with Gasteiger partial charge >= 0.3 is 5.97 Å². The number of carbonyl (C=O) groups excluding carboxylic acids is 1. The number of carbonyl (C=O) groups is 1. The van der Waals surface area contributed by atoms with E-state index in [4.69, 9.17) is 4.74 Å². The summed E-state index contributed by atoms with van der Waals surface area (Å²) in [5.74, 6) is -0.0972. The summed E-state index contributed by atoms with van der Waals surface area (Å²) in [7, 11) is 0. The number of rotatable bonds is 6. The molecule has 2 heterocycles. The summed E-state index contributed by atoms with van der Waals surface area (Å²) in [6, 6.07) is 3.90. The molecule has 1 aliphatic rings. The van der Waals surface area contributed by atoms with Crippen molar-refractivity contribution in [3.63, 3.8) is 0 Å². The van der Waals surface area contributed by atoms with Gasteiger partial charge in [-0.3, -0.25) is 14.7 Å². The minimum Gasteiger partial charge on any atom is -0.465 e. The Morgan fingerprint density at radius 2 is 2.33 bits per heavy atom. The predicted octanol–water partition coefficient (Wildman–Crippen LogP) is 2.43. The van der Waals surface area contributed by atoms with Crippen molar-refractivity contribution in [2.24, 2.45) is 0 Å². The second-order valence-corrected chi connectivity index (χ2v) is 5.30. The summed E-state index contributed by atoms with van der Waals surface area (Å²) in [6.45, 7) is 6.88. The van der Waals surface area contributed by atoms with Crippen LogP contribution in [0.5, 0.6) is 0 Å². The summed E-state index contributed by atoms with van der Waals surface area (Å²) in [6.07, 6.45) is 4.91. The highest BCUT2D eigenvalue weighted by Gasteiger charge is 2.29. The van der Waals surface area contributed by atoms with Gasteiger partial charge in [-0.1, -0.05) is 6.42 Å². The highest BCUT2D eigenvalue weighted by Crippen LogP contribution is 2.21. The molecule has 2 rings (SSSR count). The average Bonchev–Trinajstić information content (AvgIpc) is 2.49. The van der Waals surface area contributed by atoms with E-state index in [2.05, 4.69) is 28.2 Å². The zero-order valence-corrected chi connectivity index (χ0v) is 13.0. The Balaban J connectivity index is 2.04. The first-order valence-corrected chi connectivity index (χ1v) is 7.84. The van der Waals surface area contributed by atoms with E-state index in [1.54, 1.807) is 0 Å². The molecule has 0 radical (unpaired) electrons. The van der Waals surface area contributed by atoms with E-state index >= 15 is 0 Å². The third-order valence-electron chi connectivity index (χ3n) is 3.73. The second kappa shape index (κ2) is 7.98.